The van der Waals surface area contributed by atoms with Crippen molar-refractivity contribution in [2.24, 2.45) is 0 Å². The summed E-state index contributed by atoms with van der Waals surface area (Å²) in [7, 11) is 0. The van der Waals surface area contributed by atoms with Crippen molar-refractivity contribution in [1.29, 1.82) is 0 Å². The fraction of sp³-hybridized carbons (Fsp3) is 0.360. The maximum absolute atomic E-state index is 13.3. The van der Waals surface area contributed by atoms with E-state index in [-0.39, 0.29) is 12.3 Å². The van der Waals surface area contributed by atoms with E-state index in [0.29, 0.717) is 24.2 Å². The average molecular weight is 474 g/mol. The molecule has 34 heavy (non-hydrogen) atoms. The van der Waals surface area contributed by atoms with Crippen molar-refractivity contribution in [1.82, 2.24) is 4.90 Å². The number of alkyl halides is 3. The van der Waals surface area contributed by atoms with E-state index in [0.717, 1.165) is 16.0 Å². The maximum Gasteiger partial charge on any atom is 0.573 e. The summed E-state index contributed by atoms with van der Waals surface area (Å²) in [6.45, 7) is 5.81. The first-order chi connectivity index (χ1) is 15.9. The van der Waals surface area contributed by atoms with Crippen molar-refractivity contribution >= 4 is 17.7 Å². The number of halogens is 3. The van der Waals surface area contributed by atoms with Crippen LogP contribution in [0.5, 0.6) is 5.75 Å². The molecule has 4 rings (SSSR count). The zero-order valence-corrected chi connectivity index (χ0v) is 19.1. The van der Waals surface area contributed by atoms with Crippen LogP contribution in [0.4, 0.5) is 23.7 Å². The van der Waals surface area contributed by atoms with E-state index in [1.54, 1.807) is 26.8 Å². The monoisotopic (exact) mass is 474 g/mol. The molecule has 2 amide bonds. The molecule has 2 aliphatic heterocycles. The molecule has 2 aromatic carbocycles. The van der Waals surface area contributed by atoms with Gasteiger partial charge in [-0.2, -0.15) is 0 Å². The van der Waals surface area contributed by atoms with Crippen LogP contribution in [0.3, 0.4) is 0 Å². The molecule has 0 fully saturated rings. The first kappa shape index (κ1) is 23.7. The van der Waals surface area contributed by atoms with Crippen molar-refractivity contribution in [2.45, 2.75) is 45.2 Å². The highest BCUT2D eigenvalue weighted by atomic mass is 19.4. The highest BCUT2D eigenvalue weighted by Gasteiger charge is 2.40. The number of ether oxygens (including phenoxy) is 2. The summed E-state index contributed by atoms with van der Waals surface area (Å²) in [4.78, 5) is 28.9. The Hall–Kier alpha value is -3.49. The number of benzene rings is 2. The molecular formula is C25H25F3N2O4. The molecule has 0 bridgehead atoms. The molecule has 0 spiro atoms. The van der Waals surface area contributed by atoms with E-state index in [4.69, 9.17) is 4.74 Å². The van der Waals surface area contributed by atoms with Gasteiger partial charge in [0.2, 0.25) is 0 Å². The minimum atomic E-state index is -4.78. The third-order valence-corrected chi connectivity index (χ3v) is 5.58. The SMILES string of the molecule is CC(C)(C)OC(=O)N1CC=C(C2c3ccccc3CCN2c2ccc(OC(F)(F)F)cc2)C1=O. The largest absolute Gasteiger partial charge is 0.573 e. The second-order valence-corrected chi connectivity index (χ2v) is 9.14. The molecule has 1 unspecified atom stereocenters. The van der Waals surface area contributed by atoms with Crippen molar-refractivity contribution in [3.05, 3.63) is 71.3 Å². The van der Waals surface area contributed by atoms with Crippen molar-refractivity contribution in [3.8, 4) is 5.75 Å². The second-order valence-electron chi connectivity index (χ2n) is 9.14. The van der Waals surface area contributed by atoms with E-state index < -0.39 is 30.0 Å². The number of anilines is 1. The summed E-state index contributed by atoms with van der Waals surface area (Å²) in [5.41, 5.74) is 2.30. The van der Waals surface area contributed by atoms with Gasteiger partial charge in [-0.05, 0) is 62.6 Å². The molecule has 2 heterocycles. The van der Waals surface area contributed by atoms with Gasteiger partial charge in [-0.1, -0.05) is 30.3 Å². The lowest BCUT2D eigenvalue weighted by atomic mass is 9.87. The van der Waals surface area contributed by atoms with E-state index in [1.165, 1.54) is 24.3 Å². The first-order valence-electron chi connectivity index (χ1n) is 10.9. The Morgan fingerprint density at radius 1 is 1.03 bits per heavy atom. The van der Waals surface area contributed by atoms with Crippen molar-refractivity contribution in [3.63, 3.8) is 0 Å². The zero-order chi connectivity index (χ0) is 24.7. The van der Waals surface area contributed by atoms with Gasteiger partial charge >= 0.3 is 12.5 Å². The fourth-order valence-corrected chi connectivity index (χ4v) is 4.24. The van der Waals surface area contributed by atoms with Crippen LogP contribution in [0.1, 0.15) is 37.9 Å². The molecule has 2 aliphatic rings. The number of nitrogens with zero attached hydrogens (tertiary/aromatic N) is 2. The minimum absolute atomic E-state index is 0.0912. The summed E-state index contributed by atoms with van der Waals surface area (Å²) in [6.07, 6.45) is -3.08. The van der Waals surface area contributed by atoms with Crippen molar-refractivity contribution < 1.29 is 32.2 Å². The molecule has 9 heteroatoms. The Labute approximate surface area is 195 Å². The predicted octanol–water partition coefficient (Wildman–Crippen LogP) is 5.39. The normalized spacial score (nSPS) is 18.5. The van der Waals surface area contributed by atoms with Crippen LogP contribution in [0.2, 0.25) is 0 Å². The quantitative estimate of drug-likeness (QED) is 0.597. The molecule has 0 aromatic heterocycles. The van der Waals surface area contributed by atoms with E-state index >= 15 is 0 Å². The van der Waals surface area contributed by atoms with E-state index in [1.807, 2.05) is 29.2 Å². The summed E-state index contributed by atoms with van der Waals surface area (Å²) in [5.74, 6) is -0.768. The fourth-order valence-electron chi connectivity index (χ4n) is 4.24. The molecule has 180 valence electrons. The van der Waals surface area contributed by atoms with Crippen molar-refractivity contribution in [2.75, 3.05) is 18.0 Å². The van der Waals surface area contributed by atoms with Crippen LogP contribution < -0.4 is 9.64 Å². The number of hydrogen-bond acceptors (Lipinski definition) is 5. The van der Waals surface area contributed by atoms with Crippen LogP contribution in [0.15, 0.2) is 60.2 Å². The molecule has 0 saturated carbocycles. The van der Waals surface area contributed by atoms with Gasteiger partial charge in [0.25, 0.3) is 5.91 Å². The maximum atomic E-state index is 13.3. The van der Waals surface area contributed by atoms with Gasteiger partial charge < -0.3 is 14.4 Å². The first-order valence-corrected chi connectivity index (χ1v) is 10.9. The van der Waals surface area contributed by atoms with Crippen LogP contribution in [0.25, 0.3) is 0 Å². The average Bonchev–Trinajstić information content (AvgIpc) is 3.12. The zero-order valence-electron chi connectivity index (χ0n) is 19.1. The lowest BCUT2D eigenvalue weighted by Gasteiger charge is -2.39. The van der Waals surface area contributed by atoms with Crippen LogP contribution >= 0.6 is 0 Å². The Bertz CT molecular complexity index is 1120. The van der Waals surface area contributed by atoms with Crippen LogP contribution in [-0.2, 0) is 16.0 Å². The number of fused-ring (bicyclic) bond motifs is 1. The lowest BCUT2D eigenvalue weighted by molar-refractivity contribution is -0.274. The summed E-state index contributed by atoms with van der Waals surface area (Å²) in [6, 6.07) is 12.8. The van der Waals surface area contributed by atoms with Crippen LogP contribution in [-0.4, -0.2) is 42.0 Å². The van der Waals surface area contributed by atoms with E-state index in [2.05, 4.69) is 4.74 Å². The predicted molar refractivity (Wildman–Crippen MR) is 119 cm³/mol. The number of imide groups is 1. The molecule has 1 atom stereocenters. The Morgan fingerprint density at radius 2 is 1.71 bits per heavy atom. The number of hydrogen-bond donors (Lipinski definition) is 0. The molecular weight excluding hydrogens is 449 g/mol. The number of amides is 2. The Morgan fingerprint density at radius 3 is 2.35 bits per heavy atom. The van der Waals surface area contributed by atoms with Gasteiger partial charge in [0.05, 0.1) is 12.6 Å². The summed E-state index contributed by atoms with van der Waals surface area (Å²) >= 11 is 0. The third kappa shape index (κ3) is 5.03. The number of rotatable bonds is 3. The highest BCUT2D eigenvalue weighted by Crippen LogP contribution is 2.41. The standard InChI is InChI=1S/C25H25F3N2O4/c1-24(2,3)34-23(32)30-15-13-20(22(30)31)21-19-7-5-4-6-16(19)12-14-29(21)17-8-10-18(11-9-17)33-25(26,27)28/h4-11,13,21H,12,14-15H2,1-3H3. The molecule has 0 N–H and O–H groups in total. The highest BCUT2D eigenvalue weighted by molar-refractivity contribution is 6.06. The number of carbonyl (C=O) groups excluding carboxylic acids is 2. The third-order valence-electron chi connectivity index (χ3n) is 5.58. The molecule has 0 saturated heterocycles. The second kappa shape index (κ2) is 8.70. The van der Waals surface area contributed by atoms with E-state index in [9.17, 15) is 22.8 Å². The molecule has 6 nitrogen and oxygen atoms in total. The smallest absolute Gasteiger partial charge is 0.443 e. The van der Waals surface area contributed by atoms with Gasteiger partial charge in [-0.3, -0.25) is 4.79 Å². The summed E-state index contributed by atoms with van der Waals surface area (Å²) < 4.78 is 47.0. The number of carbonyl (C=O) groups is 2. The Balaban J connectivity index is 1.65. The summed E-state index contributed by atoms with van der Waals surface area (Å²) in [5, 5.41) is 0. The topological polar surface area (TPSA) is 59.1 Å². The van der Waals surface area contributed by atoms with Gasteiger partial charge in [0.15, 0.2) is 0 Å². The molecule has 0 aliphatic carbocycles. The minimum Gasteiger partial charge on any atom is -0.443 e. The van der Waals surface area contributed by atoms with Gasteiger partial charge in [0, 0.05) is 17.8 Å². The lowest BCUT2D eigenvalue weighted by Crippen LogP contribution is -2.42. The Kier molecular flexibility index (Phi) is 6.05. The van der Waals surface area contributed by atoms with Gasteiger partial charge in [-0.25, -0.2) is 9.69 Å². The molecule has 0 radical (unpaired) electrons. The van der Waals surface area contributed by atoms with Gasteiger partial charge in [-0.15, -0.1) is 13.2 Å². The van der Waals surface area contributed by atoms with Gasteiger partial charge in [0.1, 0.15) is 11.4 Å². The van der Waals surface area contributed by atoms with Crippen LogP contribution in [0, 0.1) is 0 Å². The molecule has 2 aromatic rings.